The lowest BCUT2D eigenvalue weighted by Crippen LogP contribution is -2.55. The number of aliphatic hydroxyl groups excluding tert-OH is 1. The zero-order valence-corrected chi connectivity index (χ0v) is 11.5. The normalized spacial score (nSPS) is 30.6. The highest BCUT2D eigenvalue weighted by Gasteiger charge is 2.62. The Morgan fingerprint density at radius 1 is 1.40 bits per heavy atom. The van der Waals surface area contributed by atoms with Gasteiger partial charge in [0.15, 0.2) is 5.41 Å². The lowest BCUT2D eigenvalue weighted by Gasteiger charge is -2.39. The van der Waals surface area contributed by atoms with E-state index in [-0.39, 0.29) is 25.4 Å². The summed E-state index contributed by atoms with van der Waals surface area (Å²) >= 11 is 0. The van der Waals surface area contributed by atoms with Crippen molar-refractivity contribution < 1.29 is 23.1 Å². The van der Waals surface area contributed by atoms with E-state index < -0.39 is 23.6 Å². The molecule has 2 atom stereocenters. The van der Waals surface area contributed by atoms with Crippen LogP contribution in [0.4, 0.5) is 13.2 Å². The number of hydrogen-bond acceptors (Lipinski definition) is 3. The Bertz CT molecular complexity index is 357. The summed E-state index contributed by atoms with van der Waals surface area (Å²) in [6.07, 6.45) is -4.06. The Labute approximate surface area is 116 Å². The predicted octanol–water partition coefficient (Wildman–Crippen LogP) is 1.15. The minimum atomic E-state index is -4.52. The maximum atomic E-state index is 13.3. The minimum Gasteiger partial charge on any atom is -0.393 e. The standard InChI is InChI=1S/C13H21F3N2O2/c1-9(19)10-2-6-18(7-3-10)11(20)12(13(14,15)16)4-5-17-8-12/h9-10,17,19H,2-8H2,1H3. The topological polar surface area (TPSA) is 52.6 Å². The number of piperidine rings is 1. The molecule has 0 aromatic heterocycles. The Kier molecular flexibility index (Phi) is 4.30. The zero-order valence-electron chi connectivity index (χ0n) is 11.5. The molecule has 7 heteroatoms. The lowest BCUT2D eigenvalue weighted by atomic mass is 9.83. The first-order valence-corrected chi connectivity index (χ1v) is 7.03. The number of carbonyl (C=O) groups is 1. The van der Waals surface area contributed by atoms with Crippen LogP contribution in [0.2, 0.25) is 0 Å². The molecule has 2 heterocycles. The van der Waals surface area contributed by atoms with Gasteiger partial charge in [0.2, 0.25) is 5.91 Å². The number of rotatable bonds is 2. The molecule has 20 heavy (non-hydrogen) atoms. The molecular weight excluding hydrogens is 273 g/mol. The molecule has 0 aromatic carbocycles. The number of alkyl halides is 3. The van der Waals surface area contributed by atoms with Gasteiger partial charge in [-0.2, -0.15) is 13.2 Å². The van der Waals surface area contributed by atoms with Gasteiger partial charge in [0.25, 0.3) is 0 Å². The van der Waals surface area contributed by atoms with Crippen LogP contribution in [-0.2, 0) is 4.79 Å². The Morgan fingerprint density at radius 2 is 2.00 bits per heavy atom. The van der Waals surface area contributed by atoms with Gasteiger partial charge in [-0.1, -0.05) is 0 Å². The van der Waals surface area contributed by atoms with Crippen molar-refractivity contribution in [3.05, 3.63) is 0 Å². The van der Waals surface area contributed by atoms with Gasteiger partial charge in [-0.05, 0) is 38.6 Å². The zero-order chi connectivity index (χ0) is 15.0. The van der Waals surface area contributed by atoms with Crippen LogP contribution in [0.3, 0.4) is 0 Å². The fourth-order valence-corrected chi connectivity index (χ4v) is 3.13. The quantitative estimate of drug-likeness (QED) is 0.803. The van der Waals surface area contributed by atoms with Crippen molar-refractivity contribution in [3.63, 3.8) is 0 Å². The molecule has 0 aromatic rings. The number of carbonyl (C=O) groups excluding carboxylic acids is 1. The van der Waals surface area contributed by atoms with E-state index >= 15 is 0 Å². The van der Waals surface area contributed by atoms with Gasteiger partial charge in [0.1, 0.15) is 0 Å². The molecule has 0 radical (unpaired) electrons. The third-order valence-corrected chi connectivity index (χ3v) is 4.62. The third kappa shape index (κ3) is 2.65. The molecule has 2 N–H and O–H groups in total. The number of nitrogens with zero attached hydrogens (tertiary/aromatic N) is 1. The Morgan fingerprint density at radius 3 is 2.40 bits per heavy atom. The van der Waals surface area contributed by atoms with E-state index in [1.807, 2.05) is 0 Å². The van der Waals surface area contributed by atoms with Crippen LogP contribution in [0.1, 0.15) is 26.2 Å². The first-order chi connectivity index (χ1) is 9.28. The van der Waals surface area contributed by atoms with Crippen LogP contribution in [0.5, 0.6) is 0 Å². The minimum absolute atomic E-state index is 0.0718. The third-order valence-electron chi connectivity index (χ3n) is 4.62. The highest BCUT2D eigenvalue weighted by molar-refractivity contribution is 5.84. The van der Waals surface area contributed by atoms with Crippen molar-refractivity contribution in [2.75, 3.05) is 26.2 Å². The maximum absolute atomic E-state index is 13.3. The molecule has 0 bridgehead atoms. The molecule has 0 saturated carbocycles. The average Bonchev–Trinajstić information content (AvgIpc) is 2.88. The van der Waals surface area contributed by atoms with Crippen LogP contribution < -0.4 is 5.32 Å². The van der Waals surface area contributed by atoms with E-state index in [0.717, 1.165) is 0 Å². The van der Waals surface area contributed by atoms with Crippen LogP contribution >= 0.6 is 0 Å². The first-order valence-electron chi connectivity index (χ1n) is 7.03. The summed E-state index contributed by atoms with van der Waals surface area (Å²) in [6.45, 7) is 2.17. The van der Waals surface area contributed by atoms with Crippen molar-refractivity contribution in [2.45, 2.75) is 38.5 Å². The second kappa shape index (κ2) is 5.52. The Balaban J connectivity index is 2.07. The highest BCUT2D eigenvalue weighted by Crippen LogP contribution is 2.44. The van der Waals surface area contributed by atoms with Gasteiger partial charge in [0, 0.05) is 19.6 Å². The number of nitrogens with one attached hydrogen (secondary N) is 1. The SMILES string of the molecule is CC(O)C1CCN(C(=O)C2(C(F)(F)F)CCNC2)CC1. The summed E-state index contributed by atoms with van der Waals surface area (Å²) in [5, 5.41) is 12.2. The van der Waals surface area contributed by atoms with Crippen LogP contribution in [0.25, 0.3) is 0 Å². The average molecular weight is 294 g/mol. The van der Waals surface area contributed by atoms with E-state index in [1.165, 1.54) is 4.90 Å². The van der Waals surface area contributed by atoms with Crippen LogP contribution in [-0.4, -0.2) is 54.4 Å². The first kappa shape index (κ1) is 15.6. The fraction of sp³-hybridized carbons (Fsp3) is 0.923. The summed E-state index contributed by atoms with van der Waals surface area (Å²) in [5.74, 6) is -0.735. The summed E-state index contributed by atoms with van der Waals surface area (Å²) in [6, 6.07) is 0. The molecule has 0 aliphatic carbocycles. The number of likely N-dealkylation sites (tertiary alicyclic amines) is 1. The molecule has 2 aliphatic rings. The summed E-state index contributed by atoms with van der Waals surface area (Å²) in [7, 11) is 0. The van der Waals surface area contributed by atoms with Crippen molar-refractivity contribution in [1.82, 2.24) is 10.2 Å². The number of amides is 1. The van der Waals surface area contributed by atoms with Crippen molar-refractivity contribution in [3.8, 4) is 0 Å². The lowest BCUT2D eigenvalue weighted by molar-refractivity contribution is -0.222. The maximum Gasteiger partial charge on any atom is 0.404 e. The van der Waals surface area contributed by atoms with E-state index in [4.69, 9.17) is 0 Å². The van der Waals surface area contributed by atoms with Gasteiger partial charge >= 0.3 is 6.18 Å². The van der Waals surface area contributed by atoms with E-state index in [1.54, 1.807) is 6.92 Å². The van der Waals surface area contributed by atoms with E-state index in [2.05, 4.69) is 5.32 Å². The fourth-order valence-electron chi connectivity index (χ4n) is 3.13. The van der Waals surface area contributed by atoms with Gasteiger partial charge in [-0.15, -0.1) is 0 Å². The van der Waals surface area contributed by atoms with Gasteiger partial charge < -0.3 is 15.3 Å². The molecule has 2 saturated heterocycles. The molecule has 116 valence electrons. The van der Waals surface area contributed by atoms with Crippen molar-refractivity contribution in [2.24, 2.45) is 11.3 Å². The van der Waals surface area contributed by atoms with Crippen LogP contribution in [0, 0.1) is 11.3 Å². The van der Waals surface area contributed by atoms with Gasteiger partial charge in [-0.3, -0.25) is 4.79 Å². The number of hydrogen-bond donors (Lipinski definition) is 2. The van der Waals surface area contributed by atoms with E-state index in [0.29, 0.717) is 25.9 Å². The number of aliphatic hydroxyl groups is 1. The molecule has 1 amide bonds. The monoisotopic (exact) mass is 294 g/mol. The second-order valence-corrected chi connectivity index (χ2v) is 5.88. The largest absolute Gasteiger partial charge is 0.404 e. The summed E-state index contributed by atoms with van der Waals surface area (Å²) < 4.78 is 39.9. The van der Waals surface area contributed by atoms with Crippen molar-refractivity contribution >= 4 is 5.91 Å². The molecule has 2 unspecified atom stereocenters. The molecule has 0 spiro atoms. The second-order valence-electron chi connectivity index (χ2n) is 5.88. The number of halogens is 3. The smallest absolute Gasteiger partial charge is 0.393 e. The van der Waals surface area contributed by atoms with E-state index in [9.17, 15) is 23.1 Å². The van der Waals surface area contributed by atoms with Gasteiger partial charge in [0.05, 0.1) is 6.10 Å². The predicted molar refractivity (Wildman–Crippen MR) is 67.0 cm³/mol. The molecule has 4 nitrogen and oxygen atoms in total. The highest BCUT2D eigenvalue weighted by atomic mass is 19.4. The summed E-state index contributed by atoms with van der Waals surface area (Å²) in [5.41, 5.74) is -2.26. The summed E-state index contributed by atoms with van der Waals surface area (Å²) in [4.78, 5) is 13.7. The molecule has 2 aliphatic heterocycles. The van der Waals surface area contributed by atoms with Crippen LogP contribution in [0.15, 0.2) is 0 Å². The molecule has 2 fully saturated rings. The van der Waals surface area contributed by atoms with Crippen molar-refractivity contribution in [1.29, 1.82) is 0 Å². The van der Waals surface area contributed by atoms with Gasteiger partial charge in [-0.25, -0.2) is 0 Å². The molecule has 2 rings (SSSR count). The molecular formula is C13H21F3N2O2. The Hall–Kier alpha value is -0.820.